The molecule has 358 valence electrons. The van der Waals surface area contributed by atoms with Crippen LogP contribution in [-0.2, 0) is 65.4 Å². The minimum atomic E-state index is -1.58. The Morgan fingerprint density at radius 1 is 0.667 bits per heavy atom. The van der Waals surface area contributed by atoms with Gasteiger partial charge in [-0.1, -0.05) is 86.0 Å². The van der Waals surface area contributed by atoms with Gasteiger partial charge in [-0.2, -0.15) is 0 Å². The number of hydrogen-bond donors (Lipinski definition) is 5. The number of esters is 3. The highest BCUT2D eigenvalue weighted by Gasteiger charge is 2.44. The minimum Gasteiger partial charge on any atom is -0.459 e. The van der Waals surface area contributed by atoms with Crippen molar-refractivity contribution in [2.24, 2.45) is 5.73 Å². The van der Waals surface area contributed by atoms with Crippen LogP contribution in [0.1, 0.15) is 130 Å². The van der Waals surface area contributed by atoms with E-state index in [0.717, 1.165) is 22.8 Å². The van der Waals surface area contributed by atoms with Gasteiger partial charge in [0.05, 0.1) is 6.42 Å². The van der Waals surface area contributed by atoms with Crippen LogP contribution in [0.25, 0.3) is 10.8 Å². The average Bonchev–Trinajstić information content (AvgIpc) is 3.20. The summed E-state index contributed by atoms with van der Waals surface area (Å²) in [5.41, 5.74) is 2.91. The molecule has 66 heavy (non-hydrogen) atoms. The zero-order valence-electron chi connectivity index (χ0n) is 39.7. The normalized spacial score (nSPS) is 14.8. The number of carbonyl (C=O) groups is 8. The van der Waals surface area contributed by atoms with E-state index in [4.69, 9.17) is 19.9 Å². The number of rotatable bonds is 17. The van der Waals surface area contributed by atoms with Crippen molar-refractivity contribution in [3.63, 3.8) is 0 Å². The molecule has 1 aliphatic rings. The number of benzene rings is 3. The summed E-state index contributed by atoms with van der Waals surface area (Å²) in [5, 5.41) is 13.0. The fourth-order valence-electron chi connectivity index (χ4n) is 7.64. The first kappa shape index (κ1) is 52.3. The monoisotopic (exact) mass is 913 g/mol. The maximum Gasteiger partial charge on any atom is 0.397 e. The Kier molecular flexibility index (Phi) is 17.6. The van der Waals surface area contributed by atoms with E-state index in [2.05, 4.69) is 21.3 Å². The number of fused-ring (bicyclic) bond motifs is 1. The number of aryl methyl sites for hydroxylation is 1. The highest BCUT2D eigenvalue weighted by Crippen LogP contribution is 2.30. The predicted octanol–water partition coefficient (Wildman–Crippen LogP) is 4.90. The Bertz CT molecular complexity index is 2210. The number of primary amides is 1. The second-order valence-electron chi connectivity index (χ2n) is 19.8. The van der Waals surface area contributed by atoms with E-state index < -0.39 is 94.2 Å². The molecule has 16 nitrogen and oxygen atoms in total. The van der Waals surface area contributed by atoms with Crippen LogP contribution in [-0.4, -0.2) is 88.4 Å². The summed E-state index contributed by atoms with van der Waals surface area (Å²) in [5.74, 6) is -8.53. The van der Waals surface area contributed by atoms with Gasteiger partial charge in [-0.05, 0) is 115 Å². The van der Waals surface area contributed by atoms with Crippen molar-refractivity contribution in [1.82, 2.24) is 21.3 Å². The van der Waals surface area contributed by atoms with E-state index >= 15 is 0 Å². The molecule has 3 aromatic rings. The van der Waals surface area contributed by atoms with E-state index in [9.17, 15) is 38.4 Å². The van der Waals surface area contributed by atoms with Crippen molar-refractivity contribution < 1.29 is 52.6 Å². The summed E-state index contributed by atoms with van der Waals surface area (Å²) in [6, 6.07) is 17.3. The Labute approximate surface area is 387 Å². The molecule has 0 aromatic heterocycles. The molecule has 3 aromatic carbocycles. The van der Waals surface area contributed by atoms with E-state index in [1.54, 1.807) is 74.4 Å². The summed E-state index contributed by atoms with van der Waals surface area (Å²) < 4.78 is 16.4. The highest BCUT2D eigenvalue weighted by molar-refractivity contribution is 6.33. The third kappa shape index (κ3) is 16.0. The van der Waals surface area contributed by atoms with E-state index in [0.29, 0.717) is 31.2 Å². The van der Waals surface area contributed by atoms with Crippen molar-refractivity contribution in [1.29, 1.82) is 0 Å². The van der Waals surface area contributed by atoms with Crippen LogP contribution >= 0.6 is 0 Å². The third-order valence-electron chi connectivity index (χ3n) is 10.6. The van der Waals surface area contributed by atoms with Crippen LogP contribution in [0.3, 0.4) is 0 Å². The molecule has 6 N–H and O–H groups in total. The van der Waals surface area contributed by atoms with Crippen LogP contribution in [0.2, 0.25) is 0 Å². The maximum atomic E-state index is 14.4. The SMILES string of the molecule is CC(C)(C)OC(=O)C(=O)N[C@@H](Cc1ccc(C(C(=O)OC(C)(C)C)C(=O)OC(C)(C)C)cc1)C(=O)NC1(C(=O)N[C@@H](CC(N)=O)C(=O)NCCCc2cccc3ccccc23)CCCCC1. The highest BCUT2D eigenvalue weighted by atomic mass is 16.6. The van der Waals surface area contributed by atoms with Gasteiger partial charge >= 0.3 is 23.8 Å². The standard InChI is InChI=1S/C50H67N5O11/c1-47(2,3)64-43(60)39(44(61)65-48(4,5)6)34-24-22-31(23-25-34)29-36(53-42(59)45(62)66-49(7,8)9)41(58)55-50(26-13-10-14-27-50)46(63)54-37(30-38(51)56)40(57)52-28-16-20-33-19-15-18-32-17-11-12-21-35(32)33/h11-12,15,17-19,21-25,36-37,39H,10,13-14,16,20,26-30H2,1-9H3,(H2,51,56)(H,52,57)(H,53,59)(H,54,63)(H,55,58)/t36-,37-/m0/s1. The Hall–Kier alpha value is -6.32. The lowest BCUT2D eigenvalue weighted by molar-refractivity contribution is -0.169. The maximum absolute atomic E-state index is 14.4. The van der Waals surface area contributed by atoms with Crippen molar-refractivity contribution in [2.75, 3.05) is 6.54 Å². The molecule has 16 heteroatoms. The van der Waals surface area contributed by atoms with Gasteiger partial charge < -0.3 is 41.2 Å². The molecule has 0 saturated heterocycles. The van der Waals surface area contributed by atoms with Crippen LogP contribution in [0.4, 0.5) is 0 Å². The topological polar surface area (TPSA) is 238 Å². The second kappa shape index (κ2) is 22.2. The number of ether oxygens (including phenoxy) is 3. The molecule has 0 spiro atoms. The Balaban J connectivity index is 1.57. The molecule has 5 amide bonds. The summed E-state index contributed by atoms with van der Waals surface area (Å²) in [6.07, 6.45) is 2.67. The second-order valence-corrected chi connectivity index (χ2v) is 19.8. The van der Waals surface area contributed by atoms with Crippen molar-refractivity contribution >= 4 is 58.2 Å². The van der Waals surface area contributed by atoms with Crippen LogP contribution in [0.5, 0.6) is 0 Å². The van der Waals surface area contributed by atoms with Gasteiger partial charge in [0, 0.05) is 13.0 Å². The first-order valence-electron chi connectivity index (χ1n) is 22.5. The predicted molar refractivity (Wildman–Crippen MR) is 247 cm³/mol. The van der Waals surface area contributed by atoms with Crippen LogP contribution in [0.15, 0.2) is 66.7 Å². The van der Waals surface area contributed by atoms with Gasteiger partial charge in [0.15, 0.2) is 5.92 Å². The zero-order chi connectivity index (χ0) is 49.0. The number of nitrogens with two attached hydrogens (primary N) is 1. The van der Waals surface area contributed by atoms with Crippen molar-refractivity contribution in [3.8, 4) is 0 Å². The molecular weight excluding hydrogens is 847 g/mol. The molecule has 1 fully saturated rings. The van der Waals surface area contributed by atoms with Gasteiger partial charge in [0.25, 0.3) is 0 Å². The lowest BCUT2D eigenvalue weighted by atomic mass is 9.80. The molecule has 1 saturated carbocycles. The zero-order valence-corrected chi connectivity index (χ0v) is 39.7. The van der Waals surface area contributed by atoms with Gasteiger partial charge in [0.2, 0.25) is 23.6 Å². The molecule has 0 unspecified atom stereocenters. The summed E-state index contributed by atoms with van der Waals surface area (Å²) >= 11 is 0. The van der Waals surface area contributed by atoms with Crippen molar-refractivity contribution in [2.45, 2.75) is 160 Å². The molecule has 2 atom stereocenters. The summed E-state index contributed by atoms with van der Waals surface area (Å²) in [4.78, 5) is 107. The van der Waals surface area contributed by atoms with E-state index in [1.165, 1.54) is 12.1 Å². The smallest absolute Gasteiger partial charge is 0.397 e. The lowest BCUT2D eigenvalue weighted by Crippen LogP contribution is -2.65. The summed E-state index contributed by atoms with van der Waals surface area (Å²) in [6.45, 7) is 15.0. The van der Waals surface area contributed by atoms with Gasteiger partial charge in [-0.3, -0.25) is 33.6 Å². The van der Waals surface area contributed by atoms with Crippen molar-refractivity contribution in [3.05, 3.63) is 83.4 Å². The molecule has 4 rings (SSSR count). The number of carbonyl (C=O) groups excluding carboxylic acids is 8. The fraction of sp³-hybridized carbons (Fsp3) is 0.520. The first-order chi connectivity index (χ1) is 30.8. The molecule has 1 aliphatic carbocycles. The number of hydrogen-bond acceptors (Lipinski definition) is 11. The van der Waals surface area contributed by atoms with E-state index in [-0.39, 0.29) is 31.4 Å². The molecule has 0 aliphatic heterocycles. The van der Waals surface area contributed by atoms with Gasteiger partial charge in [0.1, 0.15) is 34.4 Å². The van der Waals surface area contributed by atoms with Gasteiger partial charge in [-0.25, -0.2) is 4.79 Å². The first-order valence-corrected chi connectivity index (χ1v) is 22.5. The number of nitrogens with one attached hydrogen (secondary N) is 4. The molecule has 0 radical (unpaired) electrons. The number of amides is 5. The fourth-order valence-corrected chi connectivity index (χ4v) is 7.64. The molecular formula is C50H67N5O11. The lowest BCUT2D eigenvalue weighted by Gasteiger charge is -2.38. The van der Waals surface area contributed by atoms with Gasteiger partial charge in [-0.15, -0.1) is 0 Å². The quantitative estimate of drug-likeness (QED) is 0.0401. The molecule has 0 heterocycles. The summed E-state index contributed by atoms with van der Waals surface area (Å²) in [7, 11) is 0. The van der Waals surface area contributed by atoms with Crippen LogP contribution < -0.4 is 27.0 Å². The minimum absolute atomic E-state index is 0.165. The Morgan fingerprint density at radius 3 is 1.82 bits per heavy atom. The average molecular weight is 914 g/mol. The molecule has 0 bridgehead atoms. The largest absolute Gasteiger partial charge is 0.459 e. The van der Waals surface area contributed by atoms with E-state index in [1.807, 2.05) is 42.5 Å². The third-order valence-corrected chi connectivity index (χ3v) is 10.6. The Morgan fingerprint density at radius 2 is 1.24 bits per heavy atom. The van der Waals surface area contributed by atoms with Crippen LogP contribution in [0, 0.1) is 0 Å².